The van der Waals surface area contributed by atoms with E-state index >= 15 is 0 Å². The van der Waals surface area contributed by atoms with Crippen LogP contribution in [0.25, 0.3) is 0 Å². The maximum atomic E-state index is 13.1. The third kappa shape index (κ3) is 2.54. The molecule has 1 fully saturated rings. The van der Waals surface area contributed by atoms with E-state index in [9.17, 15) is 9.18 Å². The molecular weight excluding hydrogens is 287 g/mol. The molecule has 2 aromatic rings. The number of carbonyl (C=O) groups excluding carboxylic acids is 1. The number of amides is 1. The molecule has 0 spiro atoms. The molecule has 1 aromatic heterocycles. The van der Waals surface area contributed by atoms with E-state index in [0.717, 1.165) is 0 Å². The van der Waals surface area contributed by atoms with Gasteiger partial charge in [-0.3, -0.25) is 4.79 Å². The number of rotatable bonds is 6. The molecule has 22 heavy (non-hydrogen) atoms. The van der Waals surface area contributed by atoms with Crippen LogP contribution in [-0.2, 0) is 23.4 Å². The Morgan fingerprint density at radius 2 is 2.27 bits per heavy atom. The standard InChI is InChI=1S/C15H17FN4O2/c1-2-20-14(15(6-7-15)13(17)21)18-12(19-20)9-22-11-5-3-4-10(16)8-11/h3-5,8H,2,6-7,9H2,1H3,(H2,17,21). The van der Waals surface area contributed by atoms with Crippen molar-refractivity contribution in [3.8, 4) is 5.75 Å². The smallest absolute Gasteiger partial charge is 0.231 e. The number of carbonyl (C=O) groups is 1. The minimum atomic E-state index is -0.680. The molecule has 0 aliphatic heterocycles. The molecule has 2 N–H and O–H groups in total. The number of aromatic nitrogens is 3. The van der Waals surface area contributed by atoms with E-state index in [1.54, 1.807) is 16.8 Å². The van der Waals surface area contributed by atoms with E-state index in [0.29, 0.717) is 36.8 Å². The van der Waals surface area contributed by atoms with E-state index in [1.807, 2.05) is 6.92 Å². The van der Waals surface area contributed by atoms with Gasteiger partial charge in [0.25, 0.3) is 0 Å². The Morgan fingerprint density at radius 1 is 1.50 bits per heavy atom. The molecule has 0 radical (unpaired) electrons. The van der Waals surface area contributed by atoms with E-state index in [4.69, 9.17) is 10.5 Å². The van der Waals surface area contributed by atoms with Crippen molar-refractivity contribution in [1.29, 1.82) is 0 Å². The number of hydrogen-bond acceptors (Lipinski definition) is 4. The second-order valence-electron chi connectivity index (χ2n) is 5.36. The predicted molar refractivity (Wildman–Crippen MR) is 76.5 cm³/mol. The lowest BCUT2D eigenvalue weighted by atomic mass is 10.1. The summed E-state index contributed by atoms with van der Waals surface area (Å²) in [6.45, 7) is 2.63. The molecule has 1 aliphatic carbocycles. The molecule has 0 unspecified atom stereocenters. The largest absolute Gasteiger partial charge is 0.485 e. The number of hydrogen-bond donors (Lipinski definition) is 1. The van der Waals surface area contributed by atoms with Crippen LogP contribution in [0, 0.1) is 5.82 Å². The molecule has 7 heteroatoms. The van der Waals surface area contributed by atoms with Crippen LogP contribution in [0.4, 0.5) is 4.39 Å². The Labute approximate surface area is 127 Å². The highest BCUT2D eigenvalue weighted by Gasteiger charge is 2.54. The van der Waals surface area contributed by atoms with Gasteiger partial charge in [0.2, 0.25) is 5.91 Å². The van der Waals surface area contributed by atoms with Crippen LogP contribution in [0.2, 0.25) is 0 Å². The number of halogens is 1. The highest BCUT2D eigenvalue weighted by atomic mass is 19.1. The van der Waals surface area contributed by atoms with Gasteiger partial charge in [0, 0.05) is 12.6 Å². The van der Waals surface area contributed by atoms with Crippen molar-refractivity contribution in [2.75, 3.05) is 0 Å². The summed E-state index contributed by atoms with van der Waals surface area (Å²) in [5.74, 6) is 0.725. The third-order valence-corrected chi connectivity index (χ3v) is 3.83. The van der Waals surface area contributed by atoms with Crippen molar-refractivity contribution in [3.05, 3.63) is 41.7 Å². The Balaban J connectivity index is 1.78. The van der Waals surface area contributed by atoms with Crippen molar-refractivity contribution in [3.63, 3.8) is 0 Å². The van der Waals surface area contributed by atoms with Gasteiger partial charge in [-0.05, 0) is 31.9 Å². The lowest BCUT2D eigenvalue weighted by Gasteiger charge is -2.10. The summed E-state index contributed by atoms with van der Waals surface area (Å²) < 4.78 is 20.3. The summed E-state index contributed by atoms with van der Waals surface area (Å²) in [5, 5.41) is 4.33. The highest BCUT2D eigenvalue weighted by Crippen LogP contribution is 2.47. The maximum Gasteiger partial charge on any atom is 0.231 e. The molecule has 1 saturated carbocycles. The van der Waals surface area contributed by atoms with Crippen molar-refractivity contribution in [2.45, 2.75) is 38.3 Å². The Morgan fingerprint density at radius 3 is 2.86 bits per heavy atom. The minimum Gasteiger partial charge on any atom is -0.485 e. The van der Waals surface area contributed by atoms with Gasteiger partial charge in [-0.15, -0.1) is 0 Å². The zero-order valence-corrected chi connectivity index (χ0v) is 12.3. The van der Waals surface area contributed by atoms with Crippen LogP contribution in [-0.4, -0.2) is 20.7 Å². The van der Waals surface area contributed by atoms with E-state index in [1.165, 1.54) is 12.1 Å². The molecule has 116 valence electrons. The third-order valence-electron chi connectivity index (χ3n) is 3.83. The highest BCUT2D eigenvalue weighted by molar-refractivity contribution is 5.88. The first-order chi connectivity index (χ1) is 10.5. The molecule has 1 amide bonds. The van der Waals surface area contributed by atoms with Gasteiger partial charge in [0.05, 0.1) is 0 Å². The first-order valence-electron chi connectivity index (χ1n) is 7.17. The summed E-state index contributed by atoms with van der Waals surface area (Å²) in [6, 6.07) is 5.87. The van der Waals surface area contributed by atoms with Gasteiger partial charge < -0.3 is 10.5 Å². The number of ether oxygens (including phenoxy) is 1. The van der Waals surface area contributed by atoms with Crippen LogP contribution >= 0.6 is 0 Å². The SMILES string of the molecule is CCn1nc(COc2cccc(F)c2)nc1C1(C(N)=O)CC1. The Bertz CT molecular complexity index is 709. The molecule has 1 aliphatic rings. The lowest BCUT2D eigenvalue weighted by molar-refractivity contribution is -0.120. The fraction of sp³-hybridized carbons (Fsp3) is 0.400. The van der Waals surface area contributed by atoms with Crippen LogP contribution < -0.4 is 10.5 Å². The molecule has 0 bridgehead atoms. The van der Waals surface area contributed by atoms with Crippen molar-refractivity contribution >= 4 is 5.91 Å². The molecule has 6 nitrogen and oxygen atoms in total. The number of benzene rings is 1. The molecule has 0 atom stereocenters. The second kappa shape index (κ2) is 5.40. The van der Waals surface area contributed by atoms with E-state index < -0.39 is 5.41 Å². The second-order valence-corrected chi connectivity index (χ2v) is 5.36. The minimum absolute atomic E-state index is 0.109. The summed E-state index contributed by atoms with van der Waals surface area (Å²) in [4.78, 5) is 16.1. The van der Waals surface area contributed by atoms with Gasteiger partial charge in [-0.25, -0.2) is 14.1 Å². The van der Waals surface area contributed by atoms with Crippen LogP contribution in [0.1, 0.15) is 31.4 Å². The monoisotopic (exact) mass is 304 g/mol. The fourth-order valence-electron chi connectivity index (χ4n) is 2.43. The lowest BCUT2D eigenvalue weighted by Crippen LogP contribution is -2.31. The molecule has 0 saturated heterocycles. The predicted octanol–water partition coefficient (Wildman–Crippen LogP) is 1.53. The van der Waals surface area contributed by atoms with Crippen LogP contribution in [0.15, 0.2) is 24.3 Å². The quantitative estimate of drug-likeness (QED) is 0.877. The van der Waals surface area contributed by atoms with Crippen LogP contribution in [0.5, 0.6) is 5.75 Å². The van der Waals surface area contributed by atoms with Gasteiger partial charge in [0.15, 0.2) is 5.82 Å². The summed E-state index contributed by atoms with van der Waals surface area (Å²) in [5.41, 5.74) is 4.81. The number of aryl methyl sites for hydroxylation is 1. The average Bonchev–Trinajstić information content (AvgIpc) is 3.20. The number of nitrogens with zero attached hydrogens (tertiary/aromatic N) is 3. The number of primary amides is 1. The first-order valence-corrected chi connectivity index (χ1v) is 7.17. The Hall–Kier alpha value is -2.44. The van der Waals surface area contributed by atoms with Crippen molar-refractivity contribution in [1.82, 2.24) is 14.8 Å². The number of nitrogens with two attached hydrogens (primary N) is 1. The van der Waals surface area contributed by atoms with Crippen molar-refractivity contribution < 1.29 is 13.9 Å². The fourth-order valence-corrected chi connectivity index (χ4v) is 2.43. The molecular formula is C15H17FN4O2. The topological polar surface area (TPSA) is 83.0 Å². The van der Waals surface area contributed by atoms with Gasteiger partial charge in [-0.1, -0.05) is 6.07 Å². The average molecular weight is 304 g/mol. The van der Waals surface area contributed by atoms with E-state index in [2.05, 4.69) is 10.1 Å². The zero-order chi connectivity index (χ0) is 15.7. The summed E-state index contributed by atoms with van der Waals surface area (Å²) in [6.07, 6.45) is 1.40. The first kappa shape index (κ1) is 14.5. The molecule has 1 aromatic carbocycles. The zero-order valence-electron chi connectivity index (χ0n) is 12.3. The van der Waals surface area contributed by atoms with Crippen molar-refractivity contribution in [2.24, 2.45) is 5.73 Å². The molecule has 1 heterocycles. The summed E-state index contributed by atoms with van der Waals surface area (Å²) >= 11 is 0. The van der Waals surface area contributed by atoms with E-state index in [-0.39, 0.29) is 18.3 Å². The van der Waals surface area contributed by atoms with Gasteiger partial charge in [0.1, 0.15) is 29.4 Å². The maximum absolute atomic E-state index is 13.1. The summed E-state index contributed by atoms with van der Waals surface area (Å²) in [7, 11) is 0. The van der Waals surface area contributed by atoms with Gasteiger partial charge in [-0.2, -0.15) is 5.10 Å². The van der Waals surface area contributed by atoms with Crippen LogP contribution in [0.3, 0.4) is 0 Å². The normalized spacial score (nSPS) is 15.5. The Kier molecular flexibility index (Phi) is 3.56. The molecule has 3 rings (SSSR count). The van der Waals surface area contributed by atoms with Gasteiger partial charge >= 0.3 is 0 Å².